The number of nitrogens with one attached hydrogen (secondary N) is 1. The van der Waals surface area contributed by atoms with Crippen molar-refractivity contribution in [1.82, 2.24) is 0 Å². The Hall–Kier alpha value is -1.47. The first-order valence-corrected chi connectivity index (χ1v) is 7.48. The van der Waals surface area contributed by atoms with Crippen LogP contribution in [0.4, 0.5) is 5.69 Å². The summed E-state index contributed by atoms with van der Waals surface area (Å²) >= 11 is 5.94. The summed E-state index contributed by atoms with van der Waals surface area (Å²) in [7, 11) is 1.61. The molecule has 0 spiro atoms. The molecule has 2 aromatic carbocycles. The van der Waals surface area contributed by atoms with Gasteiger partial charge in [-0.05, 0) is 36.2 Å². The van der Waals surface area contributed by atoms with Crippen LogP contribution in [0.25, 0.3) is 0 Å². The molecule has 0 amide bonds. The van der Waals surface area contributed by atoms with E-state index in [4.69, 9.17) is 22.1 Å². The van der Waals surface area contributed by atoms with Crippen LogP contribution < -0.4 is 15.8 Å². The maximum atomic E-state index is 5.94. The number of hydrogen-bond donors (Lipinski definition) is 2. The van der Waals surface area contributed by atoms with E-state index in [0.29, 0.717) is 23.3 Å². The smallest absolute Gasteiger partial charge is 0.193 e. The molecule has 0 aromatic heterocycles. The minimum Gasteiger partial charge on any atom is -0.496 e. The summed E-state index contributed by atoms with van der Waals surface area (Å²) in [5, 5.41) is 3.73. The van der Waals surface area contributed by atoms with Crippen LogP contribution in [0.2, 0.25) is 5.02 Å². The number of halogens is 2. The number of hydrogen-bond acceptors (Lipinski definition) is 2. The van der Waals surface area contributed by atoms with Gasteiger partial charge in [-0.15, -0.1) is 24.0 Å². The Morgan fingerprint density at radius 3 is 2.74 bits per heavy atom. The Kier molecular flexibility index (Phi) is 8.19. The number of anilines is 1. The van der Waals surface area contributed by atoms with Gasteiger partial charge in [0.15, 0.2) is 5.96 Å². The molecule has 0 bridgehead atoms. The highest BCUT2D eigenvalue weighted by Gasteiger charge is 2.03. The van der Waals surface area contributed by atoms with Crippen LogP contribution in [0.5, 0.6) is 5.75 Å². The Morgan fingerprint density at radius 1 is 1.26 bits per heavy atom. The van der Waals surface area contributed by atoms with Crippen molar-refractivity contribution in [2.24, 2.45) is 10.7 Å². The zero-order chi connectivity index (χ0) is 15.9. The molecule has 0 saturated heterocycles. The van der Waals surface area contributed by atoms with Crippen molar-refractivity contribution < 1.29 is 4.74 Å². The number of ether oxygens (including phenoxy) is 1. The van der Waals surface area contributed by atoms with E-state index < -0.39 is 0 Å². The summed E-state index contributed by atoms with van der Waals surface area (Å²) in [4.78, 5) is 4.34. The van der Waals surface area contributed by atoms with Crippen molar-refractivity contribution in [3.8, 4) is 5.75 Å². The molecule has 0 heterocycles. The third-order valence-electron chi connectivity index (χ3n) is 3.28. The van der Waals surface area contributed by atoms with Crippen LogP contribution in [-0.4, -0.2) is 13.1 Å². The molecule has 2 rings (SSSR count). The SMILES string of the molecule is CCc1cccc(NC(N)=NCc2ccc(Cl)cc2OC)c1.I. The average Bonchev–Trinajstić information content (AvgIpc) is 2.53. The zero-order valence-corrected chi connectivity index (χ0v) is 16.3. The zero-order valence-electron chi connectivity index (χ0n) is 13.2. The van der Waals surface area contributed by atoms with Gasteiger partial charge in [0, 0.05) is 16.3 Å². The second-order valence-corrected chi connectivity index (χ2v) is 5.27. The minimum atomic E-state index is 0. The Balaban J connectivity index is 0.00000264. The van der Waals surface area contributed by atoms with Gasteiger partial charge in [0.25, 0.3) is 0 Å². The number of guanidine groups is 1. The van der Waals surface area contributed by atoms with E-state index in [1.807, 2.05) is 24.3 Å². The maximum Gasteiger partial charge on any atom is 0.193 e. The quantitative estimate of drug-likeness (QED) is 0.406. The number of nitrogens with zero attached hydrogens (tertiary/aromatic N) is 1. The highest BCUT2D eigenvalue weighted by molar-refractivity contribution is 14.0. The Morgan fingerprint density at radius 2 is 2.04 bits per heavy atom. The first kappa shape index (κ1) is 19.6. The minimum absolute atomic E-state index is 0. The van der Waals surface area contributed by atoms with E-state index in [0.717, 1.165) is 17.7 Å². The number of aryl methyl sites for hydroxylation is 1. The molecule has 0 radical (unpaired) electrons. The van der Waals surface area contributed by atoms with Crippen LogP contribution in [0.1, 0.15) is 18.1 Å². The van der Waals surface area contributed by atoms with Crippen molar-refractivity contribution >= 4 is 47.2 Å². The molecule has 0 aliphatic heterocycles. The lowest BCUT2D eigenvalue weighted by Gasteiger charge is -2.09. The fourth-order valence-corrected chi connectivity index (χ4v) is 2.24. The van der Waals surface area contributed by atoms with Crippen LogP contribution in [0.3, 0.4) is 0 Å². The van der Waals surface area contributed by atoms with E-state index in [1.54, 1.807) is 13.2 Å². The van der Waals surface area contributed by atoms with Gasteiger partial charge in [-0.3, -0.25) is 0 Å². The van der Waals surface area contributed by atoms with Gasteiger partial charge in [0.2, 0.25) is 0 Å². The van der Waals surface area contributed by atoms with Crippen LogP contribution >= 0.6 is 35.6 Å². The van der Waals surface area contributed by atoms with E-state index in [1.165, 1.54) is 5.56 Å². The molecule has 3 N–H and O–H groups in total. The number of methoxy groups -OCH3 is 1. The predicted octanol–water partition coefficient (Wildman–Crippen LogP) is 4.46. The van der Waals surface area contributed by atoms with Gasteiger partial charge in [0.05, 0.1) is 13.7 Å². The summed E-state index contributed by atoms with van der Waals surface area (Å²) in [6, 6.07) is 13.6. The number of nitrogens with two attached hydrogens (primary N) is 1. The monoisotopic (exact) mass is 445 g/mol. The molecule has 0 atom stereocenters. The van der Waals surface area contributed by atoms with Crippen LogP contribution in [0, 0.1) is 0 Å². The van der Waals surface area contributed by atoms with E-state index in [9.17, 15) is 0 Å². The van der Waals surface area contributed by atoms with Gasteiger partial charge in [-0.1, -0.05) is 36.7 Å². The number of rotatable bonds is 5. The lowest BCUT2D eigenvalue weighted by molar-refractivity contribution is 0.410. The first-order valence-electron chi connectivity index (χ1n) is 7.10. The van der Waals surface area contributed by atoms with E-state index in [2.05, 4.69) is 29.4 Å². The molecule has 124 valence electrons. The summed E-state index contributed by atoms with van der Waals surface area (Å²) in [5.74, 6) is 1.07. The topological polar surface area (TPSA) is 59.6 Å². The third kappa shape index (κ3) is 5.91. The molecular weight excluding hydrogens is 425 g/mol. The summed E-state index contributed by atoms with van der Waals surface area (Å²) in [6.45, 7) is 2.54. The molecule has 0 fully saturated rings. The molecule has 0 unspecified atom stereocenters. The van der Waals surface area contributed by atoms with Gasteiger partial charge >= 0.3 is 0 Å². The predicted molar refractivity (Wildman–Crippen MR) is 108 cm³/mol. The van der Waals surface area contributed by atoms with Crippen LogP contribution in [0.15, 0.2) is 47.5 Å². The second-order valence-electron chi connectivity index (χ2n) is 4.84. The Bertz CT molecular complexity index is 677. The lowest BCUT2D eigenvalue weighted by atomic mass is 10.1. The molecule has 6 heteroatoms. The third-order valence-corrected chi connectivity index (χ3v) is 3.51. The van der Waals surface area contributed by atoms with Crippen molar-refractivity contribution in [2.45, 2.75) is 19.9 Å². The van der Waals surface area contributed by atoms with Crippen molar-refractivity contribution in [3.63, 3.8) is 0 Å². The second kappa shape index (κ2) is 9.62. The summed E-state index contributed by atoms with van der Waals surface area (Å²) < 4.78 is 5.29. The fraction of sp³-hybridized carbons (Fsp3) is 0.235. The van der Waals surface area contributed by atoms with Gasteiger partial charge in [0.1, 0.15) is 5.75 Å². The lowest BCUT2D eigenvalue weighted by Crippen LogP contribution is -2.22. The highest BCUT2D eigenvalue weighted by atomic mass is 127. The fourth-order valence-electron chi connectivity index (χ4n) is 2.08. The highest BCUT2D eigenvalue weighted by Crippen LogP contribution is 2.23. The summed E-state index contributed by atoms with van der Waals surface area (Å²) in [6.07, 6.45) is 0.981. The van der Waals surface area contributed by atoms with Gasteiger partial charge in [-0.25, -0.2) is 4.99 Å². The maximum absolute atomic E-state index is 5.94. The normalized spacial score (nSPS) is 10.8. The molecule has 4 nitrogen and oxygen atoms in total. The largest absolute Gasteiger partial charge is 0.496 e. The molecule has 0 aliphatic carbocycles. The van der Waals surface area contributed by atoms with Crippen molar-refractivity contribution in [3.05, 3.63) is 58.6 Å². The summed E-state index contributed by atoms with van der Waals surface area (Å²) in [5.41, 5.74) is 9.05. The number of aliphatic imine (C=N–C) groups is 1. The molecule has 2 aromatic rings. The first-order chi connectivity index (χ1) is 10.6. The van der Waals surface area contributed by atoms with Crippen molar-refractivity contribution in [2.75, 3.05) is 12.4 Å². The Labute approximate surface area is 159 Å². The number of benzene rings is 2. The van der Waals surface area contributed by atoms with E-state index in [-0.39, 0.29) is 24.0 Å². The molecule has 0 saturated carbocycles. The van der Waals surface area contributed by atoms with E-state index >= 15 is 0 Å². The van der Waals surface area contributed by atoms with Gasteiger partial charge < -0.3 is 15.8 Å². The average molecular weight is 446 g/mol. The molecule has 0 aliphatic rings. The standard InChI is InChI=1S/C17H20ClN3O.HI/c1-3-12-5-4-6-15(9-12)21-17(19)20-11-13-7-8-14(18)10-16(13)22-2;/h4-10H,3,11H2,1-2H3,(H3,19,20,21);1H. The van der Waals surface area contributed by atoms with Crippen molar-refractivity contribution in [1.29, 1.82) is 0 Å². The molecular formula is C17H21ClIN3O. The molecule has 23 heavy (non-hydrogen) atoms. The van der Waals surface area contributed by atoms with Crippen LogP contribution in [-0.2, 0) is 13.0 Å². The van der Waals surface area contributed by atoms with Gasteiger partial charge in [-0.2, -0.15) is 0 Å².